The van der Waals surface area contributed by atoms with Crippen molar-refractivity contribution in [2.45, 2.75) is 39.3 Å². The third-order valence-electron chi connectivity index (χ3n) is 4.02. The molecule has 0 bridgehead atoms. The van der Waals surface area contributed by atoms with Gasteiger partial charge in [-0.15, -0.1) is 0 Å². The van der Waals surface area contributed by atoms with Crippen molar-refractivity contribution in [1.29, 1.82) is 0 Å². The van der Waals surface area contributed by atoms with Crippen LogP contribution in [0.15, 0.2) is 6.07 Å². The highest BCUT2D eigenvalue weighted by molar-refractivity contribution is 5.12. The van der Waals surface area contributed by atoms with E-state index in [1.165, 1.54) is 6.42 Å². The number of hydrogen-bond donors (Lipinski definition) is 1. The molecule has 0 aromatic carbocycles. The molecule has 0 amide bonds. The molecular formula is C16H29N5. The summed E-state index contributed by atoms with van der Waals surface area (Å²) in [5, 5.41) is 3.43. The van der Waals surface area contributed by atoms with E-state index in [4.69, 9.17) is 9.97 Å². The Morgan fingerprint density at radius 2 is 2.10 bits per heavy atom. The van der Waals surface area contributed by atoms with Crippen LogP contribution >= 0.6 is 0 Å². The molecule has 1 N–H and O–H groups in total. The average molecular weight is 291 g/mol. The third kappa shape index (κ3) is 4.73. The van der Waals surface area contributed by atoms with Crippen LogP contribution in [-0.4, -0.2) is 60.0 Å². The van der Waals surface area contributed by atoms with Gasteiger partial charge >= 0.3 is 0 Å². The summed E-state index contributed by atoms with van der Waals surface area (Å²) in [4.78, 5) is 14.3. The molecule has 0 spiro atoms. The van der Waals surface area contributed by atoms with Crippen LogP contribution in [0.2, 0.25) is 0 Å². The molecule has 0 aliphatic carbocycles. The van der Waals surface area contributed by atoms with Gasteiger partial charge < -0.3 is 10.2 Å². The minimum absolute atomic E-state index is 0.294. The van der Waals surface area contributed by atoms with Gasteiger partial charge in [0.2, 0.25) is 0 Å². The molecule has 2 heterocycles. The van der Waals surface area contributed by atoms with Gasteiger partial charge in [-0.05, 0) is 59.6 Å². The molecule has 5 nitrogen and oxygen atoms in total. The van der Waals surface area contributed by atoms with Crippen LogP contribution in [0.5, 0.6) is 0 Å². The van der Waals surface area contributed by atoms with Gasteiger partial charge in [0, 0.05) is 18.8 Å². The number of nitrogens with zero attached hydrogens (tertiary/aromatic N) is 4. The second-order valence-corrected chi connectivity index (χ2v) is 6.15. The standard InChI is InChI=1S/C16H29N5/c1-5-7-17-11-14-10-13(2)18-16(19-14)15-12-20(3)8-6-9-21(15)4/h10,15,17H,5-9,11-12H2,1-4H3. The number of nitrogens with one attached hydrogen (secondary N) is 1. The van der Waals surface area contributed by atoms with Crippen molar-refractivity contribution >= 4 is 0 Å². The Bertz CT molecular complexity index is 448. The minimum Gasteiger partial charge on any atom is -0.311 e. The number of aromatic nitrogens is 2. The Kier molecular flexibility index (Phi) is 6.08. The Hall–Kier alpha value is -1.04. The van der Waals surface area contributed by atoms with E-state index in [9.17, 15) is 0 Å². The summed E-state index contributed by atoms with van der Waals surface area (Å²) in [6.07, 6.45) is 2.35. The van der Waals surface area contributed by atoms with E-state index in [0.717, 1.165) is 56.4 Å². The van der Waals surface area contributed by atoms with Gasteiger partial charge in [-0.3, -0.25) is 4.90 Å². The number of aryl methyl sites for hydroxylation is 1. The Labute approximate surface area is 128 Å². The normalized spacial score (nSPS) is 21.4. The molecule has 1 atom stereocenters. The van der Waals surface area contributed by atoms with E-state index in [1.54, 1.807) is 0 Å². The number of rotatable bonds is 5. The maximum absolute atomic E-state index is 4.81. The summed E-state index contributed by atoms with van der Waals surface area (Å²) in [5.74, 6) is 0.972. The second kappa shape index (κ2) is 7.82. The van der Waals surface area contributed by atoms with E-state index in [0.29, 0.717) is 6.04 Å². The highest BCUT2D eigenvalue weighted by Crippen LogP contribution is 2.20. The molecular weight excluding hydrogens is 262 g/mol. The SMILES string of the molecule is CCCNCc1cc(C)nc(C2CN(C)CCCN2C)n1. The van der Waals surface area contributed by atoms with E-state index in [1.807, 2.05) is 0 Å². The van der Waals surface area contributed by atoms with Crippen LogP contribution in [0.4, 0.5) is 0 Å². The van der Waals surface area contributed by atoms with Crippen molar-refractivity contribution in [3.05, 3.63) is 23.3 Å². The number of hydrogen-bond acceptors (Lipinski definition) is 5. The van der Waals surface area contributed by atoms with Crippen LogP contribution in [0, 0.1) is 6.92 Å². The first-order valence-corrected chi connectivity index (χ1v) is 8.04. The fourth-order valence-corrected chi connectivity index (χ4v) is 2.84. The van der Waals surface area contributed by atoms with Crippen molar-refractivity contribution in [3.8, 4) is 0 Å². The molecule has 118 valence electrons. The molecule has 5 heteroatoms. The quantitative estimate of drug-likeness (QED) is 0.835. The van der Waals surface area contributed by atoms with Crippen molar-refractivity contribution in [2.75, 3.05) is 40.3 Å². The molecule has 21 heavy (non-hydrogen) atoms. The van der Waals surface area contributed by atoms with Gasteiger partial charge in [0.25, 0.3) is 0 Å². The van der Waals surface area contributed by atoms with Crippen molar-refractivity contribution in [1.82, 2.24) is 25.1 Å². The Morgan fingerprint density at radius 3 is 2.86 bits per heavy atom. The van der Waals surface area contributed by atoms with Crippen molar-refractivity contribution in [2.24, 2.45) is 0 Å². The lowest BCUT2D eigenvalue weighted by atomic mass is 10.2. The van der Waals surface area contributed by atoms with Gasteiger partial charge in [-0.2, -0.15) is 0 Å². The van der Waals surface area contributed by atoms with Gasteiger partial charge in [-0.25, -0.2) is 9.97 Å². The summed E-state index contributed by atoms with van der Waals surface area (Å²) in [5.41, 5.74) is 2.17. The van der Waals surface area contributed by atoms with E-state index in [2.05, 4.69) is 49.1 Å². The van der Waals surface area contributed by atoms with E-state index in [-0.39, 0.29) is 0 Å². The molecule has 1 saturated heterocycles. The third-order valence-corrected chi connectivity index (χ3v) is 4.02. The van der Waals surface area contributed by atoms with Gasteiger partial charge in [0.05, 0.1) is 11.7 Å². The molecule has 1 aromatic rings. The van der Waals surface area contributed by atoms with E-state index >= 15 is 0 Å². The van der Waals surface area contributed by atoms with Crippen molar-refractivity contribution < 1.29 is 0 Å². The lowest BCUT2D eigenvalue weighted by Gasteiger charge is -2.26. The molecule has 0 saturated carbocycles. The highest BCUT2D eigenvalue weighted by atomic mass is 15.2. The van der Waals surface area contributed by atoms with Crippen LogP contribution in [0.1, 0.15) is 43.0 Å². The summed E-state index contributed by atoms with van der Waals surface area (Å²) in [6.45, 7) is 9.37. The Morgan fingerprint density at radius 1 is 1.29 bits per heavy atom. The molecule has 1 aromatic heterocycles. The zero-order valence-corrected chi connectivity index (χ0v) is 13.9. The lowest BCUT2D eigenvalue weighted by molar-refractivity contribution is 0.219. The maximum Gasteiger partial charge on any atom is 0.147 e. The second-order valence-electron chi connectivity index (χ2n) is 6.15. The largest absolute Gasteiger partial charge is 0.311 e. The molecule has 1 unspecified atom stereocenters. The van der Waals surface area contributed by atoms with Crippen LogP contribution in [0.3, 0.4) is 0 Å². The molecule has 0 radical (unpaired) electrons. The molecule has 1 aliphatic rings. The summed E-state index contributed by atoms with van der Waals surface area (Å²) < 4.78 is 0. The first-order valence-electron chi connectivity index (χ1n) is 8.04. The first kappa shape index (κ1) is 16.3. The molecule has 1 fully saturated rings. The van der Waals surface area contributed by atoms with Crippen LogP contribution in [-0.2, 0) is 6.54 Å². The monoisotopic (exact) mass is 291 g/mol. The minimum atomic E-state index is 0.294. The predicted molar refractivity (Wildman–Crippen MR) is 86.3 cm³/mol. The summed E-state index contributed by atoms with van der Waals surface area (Å²) >= 11 is 0. The predicted octanol–water partition coefficient (Wildman–Crippen LogP) is 1.59. The van der Waals surface area contributed by atoms with Gasteiger partial charge in [-0.1, -0.05) is 6.92 Å². The average Bonchev–Trinajstić information content (AvgIpc) is 2.60. The summed E-state index contributed by atoms with van der Waals surface area (Å²) in [7, 11) is 4.37. The zero-order valence-electron chi connectivity index (χ0n) is 13.9. The topological polar surface area (TPSA) is 44.3 Å². The summed E-state index contributed by atoms with van der Waals surface area (Å²) in [6, 6.07) is 2.38. The van der Waals surface area contributed by atoms with Crippen LogP contribution in [0.25, 0.3) is 0 Å². The zero-order chi connectivity index (χ0) is 15.2. The fourth-order valence-electron chi connectivity index (χ4n) is 2.84. The Balaban J connectivity index is 2.16. The number of likely N-dealkylation sites (N-methyl/N-ethyl adjacent to an activating group) is 2. The van der Waals surface area contributed by atoms with Gasteiger partial charge in [0.15, 0.2) is 0 Å². The highest BCUT2D eigenvalue weighted by Gasteiger charge is 2.24. The van der Waals surface area contributed by atoms with Crippen molar-refractivity contribution in [3.63, 3.8) is 0 Å². The fraction of sp³-hybridized carbons (Fsp3) is 0.750. The lowest BCUT2D eigenvalue weighted by Crippen LogP contribution is -2.32. The van der Waals surface area contributed by atoms with Gasteiger partial charge in [0.1, 0.15) is 5.82 Å². The molecule has 2 rings (SSSR count). The smallest absolute Gasteiger partial charge is 0.147 e. The van der Waals surface area contributed by atoms with E-state index < -0.39 is 0 Å². The molecule has 1 aliphatic heterocycles. The van der Waals surface area contributed by atoms with Crippen LogP contribution < -0.4 is 5.32 Å². The maximum atomic E-state index is 4.81. The first-order chi connectivity index (χ1) is 10.1.